The van der Waals surface area contributed by atoms with Gasteiger partial charge in [-0.05, 0) is 109 Å². The van der Waals surface area contributed by atoms with E-state index in [0.717, 1.165) is 36.8 Å². The third-order valence-corrected chi connectivity index (χ3v) is 9.37. The topological polar surface area (TPSA) is 59.0 Å². The molecule has 1 fully saturated rings. The number of hydrogen-bond donors (Lipinski definition) is 1. The Morgan fingerprint density at radius 3 is 2.48 bits per heavy atom. The first-order chi connectivity index (χ1) is 20.4. The molecule has 3 aromatic carbocycles. The van der Waals surface area contributed by atoms with Crippen LogP contribution >= 0.6 is 0 Å². The molecule has 0 amide bonds. The van der Waals surface area contributed by atoms with Gasteiger partial charge >= 0.3 is 5.97 Å². The van der Waals surface area contributed by atoms with Gasteiger partial charge in [-0.1, -0.05) is 44.0 Å². The first kappa shape index (κ1) is 28.7. The third kappa shape index (κ3) is 6.17. The normalized spacial score (nSPS) is 21.6. The molecule has 3 aliphatic rings. The molecule has 1 aliphatic carbocycles. The fraction of sp³-hybridized carbons (Fsp3) is 0.457. The Kier molecular flexibility index (Phi) is 8.48. The third-order valence-electron chi connectivity index (χ3n) is 9.37. The number of benzene rings is 3. The molecular formula is C35H39F2NO4. The highest BCUT2D eigenvalue weighted by molar-refractivity contribution is 5.74. The first-order valence-electron chi connectivity index (χ1n) is 15.3. The van der Waals surface area contributed by atoms with Crippen LogP contribution in [0.2, 0.25) is 0 Å². The summed E-state index contributed by atoms with van der Waals surface area (Å²) in [4.78, 5) is 14.4. The van der Waals surface area contributed by atoms with E-state index in [-0.39, 0.29) is 12.0 Å². The molecule has 3 aromatic rings. The zero-order valence-corrected chi connectivity index (χ0v) is 24.2. The van der Waals surface area contributed by atoms with Gasteiger partial charge in [0.05, 0.1) is 6.61 Å². The lowest BCUT2D eigenvalue weighted by molar-refractivity contribution is -0.144. The van der Waals surface area contributed by atoms with Gasteiger partial charge in [-0.15, -0.1) is 0 Å². The Labute approximate surface area is 246 Å². The standard InChI is InChI=1S/C35H39F2NO4/c1-2-33(25-9-12-30(36)31(37)17-25)42-29-10-7-23(8-11-29)24-13-14-41-34-19-26-18-32(35(39)40)38(20-22-5-3-4-6-22)21-28(26)16-27(34)15-24/h7-12,16-17,19,22,24,32-33H,2-6,13-15,18,20-21H2,1H3,(H,39,40)/t24-,32+,33-/m1/s1. The van der Waals surface area contributed by atoms with Crippen LogP contribution in [-0.2, 0) is 24.2 Å². The Morgan fingerprint density at radius 2 is 1.76 bits per heavy atom. The van der Waals surface area contributed by atoms with Crippen molar-refractivity contribution in [3.8, 4) is 11.5 Å². The summed E-state index contributed by atoms with van der Waals surface area (Å²) in [5, 5.41) is 10.0. The summed E-state index contributed by atoms with van der Waals surface area (Å²) in [5.41, 5.74) is 5.30. The Hall–Kier alpha value is -3.45. The number of fused-ring (bicyclic) bond motifs is 2. The van der Waals surface area contributed by atoms with Gasteiger partial charge in [-0.3, -0.25) is 9.69 Å². The fourth-order valence-electron chi connectivity index (χ4n) is 7.02. The van der Waals surface area contributed by atoms with Gasteiger partial charge in [-0.25, -0.2) is 8.78 Å². The van der Waals surface area contributed by atoms with Gasteiger partial charge in [0.1, 0.15) is 23.6 Å². The van der Waals surface area contributed by atoms with Crippen LogP contribution in [0.3, 0.4) is 0 Å². The van der Waals surface area contributed by atoms with Crippen LogP contribution in [0.15, 0.2) is 54.6 Å². The number of carbonyl (C=O) groups is 1. The van der Waals surface area contributed by atoms with E-state index in [0.29, 0.717) is 43.2 Å². The average molecular weight is 576 g/mol. The molecule has 7 heteroatoms. The molecule has 6 rings (SSSR count). The molecule has 0 aromatic heterocycles. The Balaban J connectivity index is 1.17. The van der Waals surface area contributed by atoms with Crippen LogP contribution in [0.25, 0.3) is 0 Å². The minimum atomic E-state index is -0.870. The van der Waals surface area contributed by atoms with Gasteiger partial charge in [0.15, 0.2) is 11.6 Å². The molecular weight excluding hydrogens is 536 g/mol. The van der Waals surface area contributed by atoms with Gasteiger partial charge in [0, 0.05) is 13.1 Å². The molecule has 0 spiro atoms. The van der Waals surface area contributed by atoms with Crippen LogP contribution < -0.4 is 9.47 Å². The predicted molar refractivity (Wildman–Crippen MR) is 157 cm³/mol. The number of rotatable bonds is 8. The first-order valence-corrected chi connectivity index (χ1v) is 15.3. The van der Waals surface area contributed by atoms with E-state index < -0.39 is 23.6 Å². The lowest BCUT2D eigenvalue weighted by atomic mass is 9.86. The van der Waals surface area contributed by atoms with Gasteiger partial charge in [0.25, 0.3) is 0 Å². The molecule has 1 N–H and O–H groups in total. The summed E-state index contributed by atoms with van der Waals surface area (Å²) in [6.07, 6.45) is 7.38. The minimum absolute atomic E-state index is 0.275. The fourth-order valence-corrected chi connectivity index (χ4v) is 7.02. The van der Waals surface area contributed by atoms with Gasteiger partial charge in [0.2, 0.25) is 0 Å². The quantitative estimate of drug-likeness (QED) is 0.300. The van der Waals surface area contributed by atoms with E-state index in [1.165, 1.54) is 48.4 Å². The largest absolute Gasteiger partial charge is 0.493 e. The van der Waals surface area contributed by atoms with E-state index in [9.17, 15) is 18.7 Å². The van der Waals surface area contributed by atoms with E-state index in [2.05, 4.69) is 29.2 Å². The molecule has 0 bridgehead atoms. The van der Waals surface area contributed by atoms with Gasteiger partial charge in [-0.2, -0.15) is 0 Å². The lowest BCUT2D eigenvalue weighted by Crippen LogP contribution is -2.47. The molecule has 42 heavy (non-hydrogen) atoms. The van der Waals surface area contributed by atoms with Crippen molar-refractivity contribution in [1.29, 1.82) is 0 Å². The minimum Gasteiger partial charge on any atom is -0.493 e. The highest BCUT2D eigenvalue weighted by Gasteiger charge is 2.34. The van der Waals surface area contributed by atoms with Crippen LogP contribution in [0, 0.1) is 17.6 Å². The average Bonchev–Trinajstić information content (AvgIpc) is 3.41. The molecule has 222 valence electrons. The lowest BCUT2D eigenvalue weighted by Gasteiger charge is -2.36. The van der Waals surface area contributed by atoms with Crippen molar-refractivity contribution in [3.05, 3.63) is 94.0 Å². The molecule has 0 unspecified atom stereocenters. The SMILES string of the molecule is CC[C@@H](Oc1ccc([C@@H]2CCOc3cc4c(cc3C2)CN(CC2CCCC2)[C@H](C(=O)O)C4)cc1)c1ccc(F)c(F)c1. The number of aliphatic carboxylic acids is 1. The molecule has 2 aliphatic heterocycles. The Morgan fingerprint density at radius 1 is 0.976 bits per heavy atom. The maximum Gasteiger partial charge on any atom is 0.321 e. The van der Waals surface area contributed by atoms with Crippen molar-refractivity contribution in [2.75, 3.05) is 13.2 Å². The van der Waals surface area contributed by atoms with Crippen LogP contribution in [0.4, 0.5) is 8.78 Å². The number of carboxylic acid groups (broad SMARTS) is 1. The summed E-state index contributed by atoms with van der Waals surface area (Å²) in [7, 11) is 0. The molecule has 5 nitrogen and oxygen atoms in total. The smallest absolute Gasteiger partial charge is 0.321 e. The zero-order valence-electron chi connectivity index (χ0n) is 24.2. The van der Waals surface area contributed by atoms with Crippen LogP contribution in [-0.4, -0.2) is 35.2 Å². The predicted octanol–water partition coefficient (Wildman–Crippen LogP) is 7.61. The molecule has 2 heterocycles. The Bertz CT molecular complexity index is 1420. The summed E-state index contributed by atoms with van der Waals surface area (Å²) < 4.78 is 39.6. The summed E-state index contributed by atoms with van der Waals surface area (Å²) >= 11 is 0. The number of halogens is 2. The number of carboxylic acids is 1. The van der Waals surface area contributed by atoms with E-state index in [1.807, 2.05) is 19.1 Å². The van der Waals surface area contributed by atoms with Crippen molar-refractivity contribution in [3.63, 3.8) is 0 Å². The summed E-state index contributed by atoms with van der Waals surface area (Å²) in [5.74, 6) is -0.0395. The highest BCUT2D eigenvalue weighted by atomic mass is 19.2. The molecule has 3 atom stereocenters. The zero-order chi connectivity index (χ0) is 29.2. The van der Waals surface area contributed by atoms with Crippen molar-refractivity contribution >= 4 is 5.97 Å². The maximum atomic E-state index is 13.8. The van der Waals surface area contributed by atoms with Crippen LogP contribution in [0.1, 0.15) is 85.3 Å². The summed E-state index contributed by atoms with van der Waals surface area (Å²) in [6.45, 7) is 4.08. The van der Waals surface area contributed by atoms with Crippen molar-refractivity contribution < 1.29 is 28.2 Å². The van der Waals surface area contributed by atoms with E-state index >= 15 is 0 Å². The van der Waals surface area contributed by atoms with Crippen LogP contribution in [0.5, 0.6) is 11.5 Å². The number of ether oxygens (including phenoxy) is 2. The molecule has 0 saturated heterocycles. The van der Waals surface area contributed by atoms with E-state index in [4.69, 9.17) is 9.47 Å². The second-order valence-electron chi connectivity index (χ2n) is 12.2. The van der Waals surface area contributed by atoms with Crippen molar-refractivity contribution in [2.24, 2.45) is 5.92 Å². The monoisotopic (exact) mass is 575 g/mol. The van der Waals surface area contributed by atoms with Crippen molar-refractivity contribution in [1.82, 2.24) is 4.90 Å². The molecule has 0 radical (unpaired) electrons. The number of nitrogens with zero attached hydrogens (tertiary/aromatic N) is 1. The van der Waals surface area contributed by atoms with E-state index in [1.54, 1.807) is 6.07 Å². The highest BCUT2D eigenvalue weighted by Crippen LogP contribution is 2.38. The second-order valence-corrected chi connectivity index (χ2v) is 12.2. The maximum absolute atomic E-state index is 13.8. The number of hydrogen-bond acceptors (Lipinski definition) is 4. The summed E-state index contributed by atoms with van der Waals surface area (Å²) in [6, 6.07) is 15.8. The molecule has 1 saturated carbocycles. The second kappa shape index (κ2) is 12.4. The van der Waals surface area contributed by atoms with Gasteiger partial charge < -0.3 is 14.6 Å². The van der Waals surface area contributed by atoms with Crippen molar-refractivity contribution in [2.45, 2.75) is 82.9 Å².